The largest absolute Gasteiger partial charge is 0.309 e. The zero-order chi connectivity index (χ0) is 14.5. The van der Waals surface area contributed by atoms with Crippen LogP contribution in [-0.4, -0.2) is 21.5 Å². The molecule has 110 valence electrons. The van der Waals surface area contributed by atoms with E-state index in [0.717, 1.165) is 24.9 Å². The van der Waals surface area contributed by atoms with Crippen molar-refractivity contribution in [3.8, 4) is 0 Å². The highest BCUT2D eigenvalue weighted by Crippen LogP contribution is 2.38. The SMILES string of the molecule is CCCNC(c1cncnc1)C1CCCc2cccnc21. The highest BCUT2D eigenvalue weighted by Gasteiger charge is 2.30. The standard InChI is InChI=1S/C17H22N4/c1-2-8-20-17(14-10-18-12-19-11-14)15-7-3-5-13-6-4-9-21-16(13)15/h4,6,9-12,15,17,20H,2-3,5,7-8H2,1H3. The van der Waals surface area contributed by atoms with Gasteiger partial charge in [-0.15, -0.1) is 0 Å². The van der Waals surface area contributed by atoms with Gasteiger partial charge in [0.15, 0.2) is 0 Å². The molecule has 0 radical (unpaired) electrons. The van der Waals surface area contributed by atoms with Crippen molar-refractivity contribution < 1.29 is 0 Å². The first-order valence-corrected chi connectivity index (χ1v) is 7.82. The molecule has 0 amide bonds. The zero-order valence-electron chi connectivity index (χ0n) is 12.5. The molecule has 1 aliphatic carbocycles. The molecule has 0 aromatic carbocycles. The minimum Gasteiger partial charge on any atom is -0.309 e. The van der Waals surface area contributed by atoms with Gasteiger partial charge in [0.05, 0.1) is 0 Å². The van der Waals surface area contributed by atoms with Crippen LogP contribution in [0.3, 0.4) is 0 Å². The third-order valence-corrected chi connectivity index (χ3v) is 4.19. The Bertz CT molecular complexity index is 570. The summed E-state index contributed by atoms with van der Waals surface area (Å²) in [5.74, 6) is 0.410. The number of nitrogens with zero attached hydrogens (tertiary/aromatic N) is 3. The normalized spacial score (nSPS) is 19.0. The van der Waals surface area contributed by atoms with Crippen LogP contribution in [-0.2, 0) is 6.42 Å². The molecule has 4 nitrogen and oxygen atoms in total. The number of fused-ring (bicyclic) bond motifs is 1. The van der Waals surface area contributed by atoms with Crippen LogP contribution < -0.4 is 5.32 Å². The first-order chi connectivity index (χ1) is 10.4. The Morgan fingerprint density at radius 3 is 3.00 bits per heavy atom. The number of aromatic nitrogens is 3. The molecule has 1 N–H and O–H groups in total. The number of hydrogen-bond acceptors (Lipinski definition) is 4. The van der Waals surface area contributed by atoms with Crippen molar-refractivity contribution in [2.24, 2.45) is 0 Å². The van der Waals surface area contributed by atoms with Gasteiger partial charge < -0.3 is 5.32 Å². The second-order valence-electron chi connectivity index (χ2n) is 5.65. The molecule has 4 heteroatoms. The van der Waals surface area contributed by atoms with Crippen LogP contribution in [0.15, 0.2) is 37.1 Å². The molecular weight excluding hydrogens is 260 g/mol. The molecule has 0 bridgehead atoms. The number of nitrogens with one attached hydrogen (secondary N) is 1. The highest BCUT2D eigenvalue weighted by molar-refractivity contribution is 5.30. The van der Waals surface area contributed by atoms with Gasteiger partial charge in [0.2, 0.25) is 0 Å². The Labute approximate surface area is 126 Å². The molecule has 3 rings (SSSR count). The predicted molar refractivity (Wildman–Crippen MR) is 83.0 cm³/mol. The first-order valence-electron chi connectivity index (χ1n) is 7.82. The molecule has 2 atom stereocenters. The van der Waals surface area contributed by atoms with E-state index in [9.17, 15) is 0 Å². The van der Waals surface area contributed by atoms with Crippen molar-refractivity contribution in [1.29, 1.82) is 0 Å². The van der Waals surface area contributed by atoms with Crippen LogP contribution in [0.4, 0.5) is 0 Å². The Kier molecular flexibility index (Phi) is 4.55. The van der Waals surface area contributed by atoms with Gasteiger partial charge >= 0.3 is 0 Å². The predicted octanol–water partition coefficient (Wildman–Crippen LogP) is 3.03. The molecule has 0 saturated carbocycles. The monoisotopic (exact) mass is 282 g/mol. The minimum atomic E-state index is 0.250. The molecule has 2 heterocycles. The maximum absolute atomic E-state index is 4.67. The summed E-state index contributed by atoms with van der Waals surface area (Å²) < 4.78 is 0. The molecule has 2 aromatic rings. The van der Waals surface area contributed by atoms with Gasteiger partial charge in [0, 0.05) is 41.8 Å². The number of hydrogen-bond donors (Lipinski definition) is 1. The summed E-state index contributed by atoms with van der Waals surface area (Å²) in [6.07, 6.45) is 12.0. The fourth-order valence-electron chi connectivity index (χ4n) is 3.23. The number of pyridine rings is 1. The first kappa shape index (κ1) is 14.1. The van der Waals surface area contributed by atoms with Crippen LogP contribution in [0.25, 0.3) is 0 Å². The summed E-state index contributed by atoms with van der Waals surface area (Å²) in [7, 11) is 0. The molecule has 2 aromatic heterocycles. The number of aryl methyl sites for hydroxylation is 1. The quantitative estimate of drug-likeness (QED) is 0.916. The van der Waals surface area contributed by atoms with Gasteiger partial charge in [0.1, 0.15) is 6.33 Å². The van der Waals surface area contributed by atoms with Gasteiger partial charge in [-0.3, -0.25) is 4.98 Å². The average molecular weight is 282 g/mol. The lowest BCUT2D eigenvalue weighted by molar-refractivity contribution is 0.392. The summed E-state index contributed by atoms with van der Waals surface area (Å²) in [5.41, 5.74) is 3.81. The van der Waals surface area contributed by atoms with Crippen LogP contribution >= 0.6 is 0 Å². The van der Waals surface area contributed by atoms with E-state index in [2.05, 4.69) is 33.3 Å². The second-order valence-corrected chi connectivity index (χ2v) is 5.65. The zero-order valence-corrected chi connectivity index (χ0v) is 12.5. The molecule has 2 unspecified atom stereocenters. The van der Waals surface area contributed by atoms with Crippen molar-refractivity contribution in [1.82, 2.24) is 20.3 Å². The summed E-state index contributed by atoms with van der Waals surface area (Å²) in [6, 6.07) is 4.51. The molecule has 0 saturated heterocycles. The van der Waals surface area contributed by atoms with E-state index in [1.165, 1.54) is 24.1 Å². The van der Waals surface area contributed by atoms with E-state index in [1.54, 1.807) is 6.33 Å². The Morgan fingerprint density at radius 1 is 1.33 bits per heavy atom. The van der Waals surface area contributed by atoms with Crippen LogP contribution in [0, 0.1) is 0 Å². The van der Waals surface area contributed by atoms with Crippen molar-refractivity contribution >= 4 is 0 Å². The summed E-state index contributed by atoms with van der Waals surface area (Å²) in [6.45, 7) is 3.19. The van der Waals surface area contributed by atoms with E-state index in [1.807, 2.05) is 24.7 Å². The molecule has 1 aliphatic rings. The van der Waals surface area contributed by atoms with E-state index < -0.39 is 0 Å². The maximum atomic E-state index is 4.67. The summed E-state index contributed by atoms with van der Waals surface area (Å²) >= 11 is 0. The molecule has 0 aliphatic heterocycles. The van der Waals surface area contributed by atoms with Gasteiger partial charge in [0.25, 0.3) is 0 Å². The van der Waals surface area contributed by atoms with Crippen LogP contribution in [0.2, 0.25) is 0 Å². The molecule has 0 fully saturated rings. The number of rotatable bonds is 5. The third-order valence-electron chi connectivity index (χ3n) is 4.19. The molecule has 21 heavy (non-hydrogen) atoms. The topological polar surface area (TPSA) is 50.7 Å². The van der Waals surface area contributed by atoms with Crippen LogP contribution in [0.1, 0.15) is 55.0 Å². The smallest absolute Gasteiger partial charge is 0.115 e. The lowest BCUT2D eigenvalue weighted by atomic mass is 9.80. The van der Waals surface area contributed by atoms with Gasteiger partial charge in [-0.2, -0.15) is 0 Å². The Morgan fingerprint density at radius 2 is 2.19 bits per heavy atom. The van der Waals surface area contributed by atoms with Crippen molar-refractivity contribution in [2.45, 2.75) is 44.6 Å². The summed E-state index contributed by atoms with van der Waals surface area (Å²) in [4.78, 5) is 13.1. The lowest BCUT2D eigenvalue weighted by Gasteiger charge is -2.32. The lowest BCUT2D eigenvalue weighted by Crippen LogP contribution is -2.30. The van der Waals surface area contributed by atoms with Crippen molar-refractivity contribution in [3.63, 3.8) is 0 Å². The average Bonchev–Trinajstić information content (AvgIpc) is 2.56. The maximum Gasteiger partial charge on any atom is 0.115 e. The second kappa shape index (κ2) is 6.76. The third kappa shape index (κ3) is 3.10. The van der Waals surface area contributed by atoms with Crippen molar-refractivity contribution in [2.75, 3.05) is 6.54 Å². The molecule has 0 spiro atoms. The summed E-state index contributed by atoms with van der Waals surface area (Å²) in [5, 5.41) is 3.68. The van der Waals surface area contributed by atoms with E-state index >= 15 is 0 Å². The fraction of sp³-hybridized carbons (Fsp3) is 0.471. The Hall–Kier alpha value is -1.81. The molecular formula is C17H22N4. The van der Waals surface area contributed by atoms with Crippen molar-refractivity contribution in [3.05, 3.63) is 53.9 Å². The van der Waals surface area contributed by atoms with Crippen LogP contribution in [0.5, 0.6) is 0 Å². The van der Waals surface area contributed by atoms with E-state index in [-0.39, 0.29) is 6.04 Å². The van der Waals surface area contributed by atoms with Gasteiger partial charge in [-0.1, -0.05) is 13.0 Å². The van der Waals surface area contributed by atoms with E-state index in [4.69, 9.17) is 0 Å². The fourth-order valence-corrected chi connectivity index (χ4v) is 3.23. The highest BCUT2D eigenvalue weighted by atomic mass is 14.9. The van der Waals surface area contributed by atoms with Gasteiger partial charge in [-0.25, -0.2) is 9.97 Å². The minimum absolute atomic E-state index is 0.250. The Balaban J connectivity index is 1.94. The van der Waals surface area contributed by atoms with E-state index in [0.29, 0.717) is 5.92 Å². The van der Waals surface area contributed by atoms with Gasteiger partial charge in [-0.05, 0) is 43.9 Å².